The van der Waals surface area contributed by atoms with Crippen LogP contribution < -0.4 is 10.9 Å². The van der Waals surface area contributed by atoms with Crippen LogP contribution in [0.25, 0.3) is 0 Å². The minimum Gasteiger partial charge on any atom is -0.299 e. The number of hydrogen-bond donors (Lipinski definition) is 1. The van der Waals surface area contributed by atoms with Crippen LogP contribution in [0.2, 0.25) is 0 Å². The Kier molecular flexibility index (Phi) is 4.13. The van der Waals surface area contributed by atoms with Crippen molar-refractivity contribution in [3.63, 3.8) is 0 Å². The van der Waals surface area contributed by atoms with Crippen LogP contribution in [0.4, 0.5) is 5.13 Å². The zero-order chi connectivity index (χ0) is 16.5. The summed E-state index contributed by atoms with van der Waals surface area (Å²) in [5.41, 5.74) is 1.76. The predicted octanol–water partition coefficient (Wildman–Crippen LogP) is 1.88. The van der Waals surface area contributed by atoms with Gasteiger partial charge in [0.2, 0.25) is 11.0 Å². The van der Waals surface area contributed by atoms with Crippen LogP contribution in [0.15, 0.2) is 10.9 Å². The number of aromatic nitrogens is 4. The normalized spacial score (nSPS) is 17.2. The fourth-order valence-corrected chi connectivity index (χ4v) is 3.89. The molecule has 1 amide bonds. The lowest BCUT2D eigenvalue weighted by atomic mass is 10.1. The first kappa shape index (κ1) is 15.4. The fraction of sp³-hybridized carbons (Fsp3) is 0.562. The summed E-state index contributed by atoms with van der Waals surface area (Å²) < 4.78 is 1.25. The van der Waals surface area contributed by atoms with Gasteiger partial charge in [0.1, 0.15) is 11.6 Å². The molecule has 0 bridgehead atoms. The van der Waals surface area contributed by atoms with Gasteiger partial charge in [-0.1, -0.05) is 17.8 Å². The molecular weight excluding hydrogens is 326 g/mol. The van der Waals surface area contributed by atoms with E-state index in [0.717, 1.165) is 61.2 Å². The van der Waals surface area contributed by atoms with Gasteiger partial charge in [-0.05, 0) is 44.1 Å². The van der Waals surface area contributed by atoms with E-state index in [2.05, 4.69) is 20.6 Å². The molecule has 0 spiro atoms. The number of carbonyl (C=O) groups is 1. The lowest BCUT2D eigenvalue weighted by Gasteiger charge is -2.09. The lowest BCUT2D eigenvalue weighted by molar-refractivity contribution is -0.117. The number of aryl methyl sites for hydroxylation is 2. The van der Waals surface area contributed by atoms with Crippen molar-refractivity contribution in [2.24, 2.45) is 0 Å². The number of hydrogen-bond acceptors (Lipinski definition) is 6. The molecule has 2 aliphatic carbocycles. The van der Waals surface area contributed by atoms with E-state index in [1.807, 2.05) is 0 Å². The Morgan fingerprint density at radius 2 is 2.08 bits per heavy atom. The van der Waals surface area contributed by atoms with Crippen molar-refractivity contribution < 1.29 is 4.79 Å². The molecule has 2 aliphatic rings. The Balaban J connectivity index is 1.46. The Labute approximate surface area is 143 Å². The van der Waals surface area contributed by atoms with Crippen molar-refractivity contribution in [2.45, 2.75) is 57.4 Å². The second-order valence-corrected chi connectivity index (χ2v) is 7.45. The van der Waals surface area contributed by atoms with Crippen molar-refractivity contribution in [1.82, 2.24) is 20.0 Å². The number of amides is 1. The van der Waals surface area contributed by atoms with E-state index in [-0.39, 0.29) is 18.0 Å². The summed E-state index contributed by atoms with van der Waals surface area (Å²) in [4.78, 5) is 24.4. The predicted molar refractivity (Wildman–Crippen MR) is 90.3 cm³/mol. The summed E-state index contributed by atoms with van der Waals surface area (Å²) in [7, 11) is 0. The first-order valence-corrected chi connectivity index (χ1v) is 9.24. The standard InChI is InChI=1S/C16H19N5O2S/c22-13(17-16-19-18-15(24-16)10-6-7-10)9-21-14(23)8-11-4-2-1-3-5-12(11)20-21/h8,10H,1-7,9H2,(H,17,19,22). The SMILES string of the molecule is O=C(Cn1nc2c(cc1=O)CCCCC2)Nc1nnc(C2CC2)s1. The van der Waals surface area contributed by atoms with Gasteiger partial charge in [-0.2, -0.15) is 5.10 Å². The summed E-state index contributed by atoms with van der Waals surface area (Å²) in [6.45, 7) is -0.0928. The van der Waals surface area contributed by atoms with Crippen LogP contribution in [0, 0.1) is 0 Å². The Bertz CT molecular complexity index is 824. The van der Waals surface area contributed by atoms with Gasteiger partial charge in [0, 0.05) is 12.0 Å². The summed E-state index contributed by atoms with van der Waals surface area (Å²) in [6.07, 6.45) is 7.41. The quantitative estimate of drug-likeness (QED) is 0.855. The topological polar surface area (TPSA) is 89.8 Å². The van der Waals surface area contributed by atoms with Gasteiger partial charge in [-0.3, -0.25) is 14.9 Å². The van der Waals surface area contributed by atoms with Crippen molar-refractivity contribution in [3.8, 4) is 0 Å². The van der Waals surface area contributed by atoms with Gasteiger partial charge in [0.05, 0.1) is 5.69 Å². The van der Waals surface area contributed by atoms with Crippen LogP contribution in [0.1, 0.15) is 54.3 Å². The third kappa shape index (κ3) is 3.38. The van der Waals surface area contributed by atoms with Crippen LogP contribution >= 0.6 is 11.3 Å². The maximum absolute atomic E-state index is 12.2. The van der Waals surface area contributed by atoms with Gasteiger partial charge < -0.3 is 0 Å². The molecule has 0 radical (unpaired) electrons. The maximum atomic E-state index is 12.2. The van der Waals surface area contributed by atoms with Gasteiger partial charge in [-0.25, -0.2) is 4.68 Å². The molecule has 0 saturated heterocycles. The van der Waals surface area contributed by atoms with E-state index in [0.29, 0.717) is 11.0 Å². The molecule has 2 heterocycles. The number of carbonyl (C=O) groups excluding carboxylic acids is 1. The highest BCUT2D eigenvalue weighted by Crippen LogP contribution is 2.42. The van der Waals surface area contributed by atoms with E-state index >= 15 is 0 Å². The van der Waals surface area contributed by atoms with E-state index < -0.39 is 0 Å². The van der Waals surface area contributed by atoms with Gasteiger partial charge in [0.25, 0.3) is 5.56 Å². The first-order chi connectivity index (χ1) is 11.7. The summed E-state index contributed by atoms with van der Waals surface area (Å²) >= 11 is 1.41. The summed E-state index contributed by atoms with van der Waals surface area (Å²) in [6, 6.07) is 1.64. The van der Waals surface area contributed by atoms with Crippen molar-refractivity contribution in [3.05, 3.63) is 32.7 Å². The highest BCUT2D eigenvalue weighted by molar-refractivity contribution is 7.15. The zero-order valence-corrected chi connectivity index (χ0v) is 14.1. The van der Waals surface area contributed by atoms with Crippen molar-refractivity contribution in [1.29, 1.82) is 0 Å². The molecule has 0 atom stereocenters. The number of nitrogens with one attached hydrogen (secondary N) is 1. The van der Waals surface area contributed by atoms with Crippen LogP contribution in [0.5, 0.6) is 0 Å². The van der Waals surface area contributed by atoms with E-state index in [4.69, 9.17) is 0 Å². The Morgan fingerprint density at radius 3 is 2.92 bits per heavy atom. The third-order valence-corrected chi connectivity index (χ3v) is 5.43. The first-order valence-electron chi connectivity index (χ1n) is 8.42. The lowest BCUT2D eigenvalue weighted by Crippen LogP contribution is -2.30. The maximum Gasteiger partial charge on any atom is 0.267 e. The molecule has 2 aromatic rings. The summed E-state index contributed by atoms with van der Waals surface area (Å²) in [5, 5.41) is 16.7. The van der Waals surface area contributed by atoms with E-state index in [1.54, 1.807) is 6.07 Å². The number of anilines is 1. The minimum absolute atomic E-state index is 0.0928. The molecule has 1 saturated carbocycles. The molecule has 7 nitrogen and oxygen atoms in total. The zero-order valence-electron chi connectivity index (χ0n) is 13.3. The molecule has 2 aromatic heterocycles. The summed E-state index contributed by atoms with van der Waals surface area (Å²) in [5.74, 6) is 0.221. The van der Waals surface area contributed by atoms with Gasteiger partial charge in [-0.15, -0.1) is 10.2 Å². The monoisotopic (exact) mass is 345 g/mol. The van der Waals surface area contributed by atoms with Crippen molar-refractivity contribution >= 4 is 22.4 Å². The average molecular weight is 345 g/mol. The number of rotatable bonds is 4. The molecule has 0 aromatic carbocycles. The minimum atomic E-state index is -0.295. The van der Waals surface area contributed by atoms with Gasteiger partial charge >= 0.3 is 0 Å². The number of nitrogens with zero attached hydrogens (tertiary/aromatic N) is 4. The molecule has 24 heavy (non-hydrogen) atoms. The Hall–Kier alpha value is -2.09. The Morgan fingerprint density at radius 1 is 1.25 bits per heavy atom. The smallest absolute Gasteiger partial charge is 0.267 e. The van der Waals surface area contributed by atoms with Crippen LogP contribution in [0.3, 0.4) is 0 Å². The van der Waals surface area contributed by atoms with Crippen LogP contribution in [-0.4, -0.2) is 25.9 Å². The fourth-order valence-electron chi connectivity index (χ4n) is 2.97. The molecule has 126 valence electrons. The van der Waals surface area contributed by atoms with Gasteiger partial charge in [0.15, 0.2) is 0 Å². The highest BCUT2D eigenvalue weighted by Gasteiger charge is 2.27. The molecule has 4 rings (SSSR count). The van der Waals surface area contributed by atoms with Crippen LogP contribution in [-0.2, 0) is 24.2 Å². The second-order valence-electron chi connectivity index (χ2n) is 6.44. The van der Waals surface area contributed by atoms with E-state index in [9.17, 15) is 9.59 Å². The molecule has 1 fully saturated rings. The molecule has 1 N–H and O–H groups in total. The molecule has 0 aliphatic heterocycles. The molecule has 8 heteroatoms. The second kappa shape index (κ2) is 6.43. The van der Waals surface area contributed by atoms with E-state index in [1.165, 1.54) is 16.0 Å². The third-order valence-electron chi connectivity index (χ3n) is 4.43. The highest BCUT2D eigenvalue weighted by atomic mass is 32.1. The van der Waals surface area contributed by atoms with Crippen molar-refractivity contribution in [2.75, 3.05) is 5.32 Å². The molecular formula is C16H19N5O2S. The average Bonchev–Trinajstić information content (AvgIpc) is 3.33. The molecule has 0 unspecified atom stereocenters. The largest absolute Gasteiger partial charge is 0.299 e. The number of fused-ring (bicyclic) bond motifs is 1.